The van der Waals surface area contributed by atoms with E-state index in [9.17, 15) is 14.9 Å². The fraction of sp³-hybridized carbons (Fsp3) is 0.0625. The number of Topliss-reactive ketones (excluding diaryl/α,β-unsaturated/α-hetero) is 1. The van der Waals surface area contributed by atoms with Crippen molar-refractivity contribution in [2.75, 3.05) is 6.79 Å². The van der Waals surface area contributed by atoms with Crippen LogP contribution in [0.1, 0.15) is 15.9 Å². The highest BCUT2D eigenvalue weighted by molar-refractivity contribution is 8.04. The molecule has 0 saturated heterocycles. The molecule has 0 aromatic heterocycles. The molecule has 4 rings (SSSR count). The lowest BCUT2D eigenvalue weighted by molar-refractivity contribution is -0.385. The topological polar surface area (TPSA) is 78.7 Å². The Morgan fingerprint density at radius 1 is 1.17 bits per heavy atom. The second-order valence-corrected chi connectivity index (χ2v) is 6.04. The summed E-state index contributed by atoms with van der Waals surface area (Å²) < 4.78 is 10.4. The van der Waals surface area contributed by atoms with E-state index in [1.54, 1.807) is 12.1 Å². The third kappa shape index (κ3) is 2.25. The van der Waals surface area contributed by atoms with Crippen LogP contribution in [-0.2, 0) is 0 Å². The molecule has 0 spiro atoms. The third-order valence-corrected chi connectivity index (χ3v) is 4.68. The number of hydrogen-bond donors (Lipinski definition) is 0. The Labute approximate surface area is 134 Å². The SMILES string of the molecule is O=C1/C(=C/c2cc3c(cc2[N+](=O)[O-])OCO3)Sc2ccccc21. The quantitative estimate of drug-likeness (QED) is 0.476. The molecule has 0 atom stereocenters. The van der Waals surface area contributed by atoms with Crippen molar-refractivity contribution in [1.82, 2.24) is 0 Å². The summed E-state index contributed by atoms with van der Waals surface area (Å²) in [6, 6.07) is 10.1. The van der Waals surface area contributed by atoms with Crippen molar-refractivity contribution in [3.8, 4) is 11.5 Å². The van der Waals surface area contributed by atoms with Crippen LogP contribution in [0.25, 0.3) is 6.08 Å². The lowest BCUT2D eigenvalue weighted by atomic mass is 10.1. The molecule has 7 heteroatoms. The van der Waals surface area contributed by atoms with Gasteiger partial charge >= 0.3 is 0 Å². The number of carbonyl (C=O) groups excluding carboxylic acids is 1. The Kier molecular flexibility index (Phi) is 3.09. The summed E-state index contributed by atoms with van der Waals surface area (Å²) in [4.78, 5) is 24.5. The average molecular weight is 327 g/mol. The summed E-state index contributed by atoms with van der Waals surface area (Å²) in [6.07, 6.45) is 1.53. The highest BCUT2D eigenvalue weighted by Gasteiger charge is 2.28. The molecule has 2 aliphatic rings. The van der Waals surface area contributed by atoms with Crippen LogP contribution in [0.4, 0.5) is 5.69 Å². The van der Waals surface area contributed by atoms with Crippen molar-refractivity contribution in [3.05, 3.63) is 62.5 Å². The van der Waals surface area contributed by atoms with Gasteiger partial charge in [0.25, 0.3) is 5.69 Å². The second kappa shape index (κ2) is 5.13. The van der Waals surface area contributed by atoms with E-state index in [-0.39, 0.29) is 18.3 Å². The van der Waals surface area contributed by atoms with Crippen LogP contribution in [0, 0.1) is 10.1 Å². The third-order valence-electron chi connectivity index (χ3n) is 3.58. The van der Waals surface area contributed by atoms with E-state index in [4.69, 9.17) is 9.47 Å². The van der Waals surface area contributed by atoms with E-state index in [1.165, 1.54) is 30.0 Å². The number of ether oxygens (including phenoxy) is 2. The number of thioether (sulfide) groups is 1. The van der Waals surface area contributed by atoms with Crippen molar-refractivity contribution in [2.24, 2.45) is 0 Å². The largest absolute Gasteiger partial charge is 0.454 e. The van der Waals surface area contributed by atoms with Crippen LogP contribution in [0.3, 0.4) is 0 Å². The molecule has 0 fully saturated rings. The molecule has 0 bridgehead atoms. The smallest absolute Gasteiger partial charge is 0.280 e. The van der Waals surface area contributed by atoms with Crippen LogP contribution in [0.2, 0.25) is 0 Å². The Morgan fingerprint density at radius 3 is 2.65 bits per heavy atom. The van der Waals surface area contributed by atoms with Crippen molar-refractivity contribution in [3.63, 3.8) is 0 Å². The number of nitro benzene ring substituents is 1. The predicted molar refractivity (Wildman–Crippen MR) is 83.8 cm³/mol. The molecule has 2 aromatic carbocycles. The molecule has 0 unspecified atom stereocenters. The van der Waals surface area contributed by atoms with Gasteiger partial charge in [0.2, 0.25) is 12.6 Å². The Hall–Kier alpha value is -2.80. The van der Waals surface area contributed by atoms with Gasteiger partial charge in [0, 0.05) is 10.5 Å². The van der Waals surface area contributed by atoms with Gasteiger partial charge in [-0.05, 0) is 24.3 Å². The summed E-state index contributed by atoms with van der Waals surface area (Å²) >= 11 is 1.31. The number of hydrogen-bond acceptors (Lipinski definition) is 6. The molecule has 0 aliphatic carbocycles. The minimum Gasteiger partial charge on any atom is -0.454 e. The fourth-order valence-electron chi connectivity index (χ4n) is 2.50. The number of benzene rings is 2. The standard InChI is InChI=1S/C16H9NO5S/c18-16-10-3-1-2-4-14(10)23-15(16)6-9-5-12-13(22-8-21-12)7-11(9)17(19)20/h1-7H,8H2/b15-6-. The fourth-order valence-corrected chi connectivity index (χ4v) is 3.54. The summed E-state index contributed by atoms with van der Waals surface area (Å²) in [7, 11) is 0. The first-order valence-corrected chi connectivity index (χ1v) is 7.56. The molecule has 0 amide bonds. The van der Waals surface area contributed by atoms with Crippen molar-refractivity contribution in [2.45, 2.75) is 4.90 Å². The molecule has 2 heterocycles. The van der Waals surface area contributed by atoms with Gasteiger partial charge in [0.05, 0.1) is 21.5 Å². The van der Waals surface area contributed by atoms with E-state index in [2.05, 4.69) is 0 Å². The normalized spacial score (nSPS) is 16.7. The molecule has 0 radical (unpaired) electrons. The van der Waals surface area contributed by atoms with E-state index in [0.717, 1.165) is 4.90 Å². The van der Waals surface area contributed by atoms with Gasteiger partial charge in [0.1, 0.15) is 0 Å². The number of ketones is 1. The maximum absolute atomic E-state index is 12.4. The molecule has 2 aliphatic heterocycles. The number of carbonyl (C=O) groups is 1. The van der Waals surface area contributed by atoms with E-state index in [1.807, 2.05) is 12.1 Å². The van der Waals surface area contributed by atoms with Crippen LogP contribution in [0.15, 0.2) is 46.2 Å². The average Bonchev–Trinajstić information content (AvgIpc) is 3.11. The van der Waals surface area contributed by atoms with Gasteiger partial charge in [-0.2, -0.15) is 0 Å². The van der Waals surface area contributed by atoms with Crippen molar-refractivity contribution < 1.29 is 19.2 Å². The summed E-state index contributed by atoms with van der Waals surface area (Å²) in [5, 5.41) is 11.3. The first-order valence-electron chi connectivity index (χ1n) is 6.75. The van der Waals surface area contributed by atoms with Gasteiger partial charge in [-0.1, -0.05) is 23.9 Å². The zero-order valence-electron chi connectivity index (χ0n) is 11.6. The predicted octanol–water partition coefficient (Wildman–Crippen LogP) is 3.65. The lowest BCUT2D eigenvalue weighted by Gasteiger charge is -2.02. The maximum Gasteiger partial charge on any atom is 0.280 e. The molecule has 23 heavy (non-hydrogen) atoms. The Morgan fingerprint density at radius 2 is 1.91 bits per heavy atom. The molecule has 0 saturated carbocycles. The molecule has 6 nitrogen and oxygen atoms in total. The zero-order valence-corrected chi connectivity index (χ0v) is 12.5. The Bertz CT molecular complexity index is 890. The molecule has 114 valence electrons. The van der Waals surface area contributed by atoms with E-state index in [0.29, 0.717) is 27.5 Å². The van der Waals surface area contributed by atoms with Gasteiger partial charge in [-0.25, -0.2) is 0 Å². The number of nitro groups is 1. The van der Waals surface area contributed by atoms with Gasteiger partial charge < -0.3 is 9.47 Å². The second-order valence-electron chi connectivity index (χ2n) is 4.96. The first-order chi connectivity index (χ1) is 11.1. The van der Waals surface area contributed by atoms with Crippen LogP contribution in [0.5, 0.6) is 11.5 Å². The van der Waals surface area contributed by atoms with Crippen LogP contribution in [-0.4, -0.2) is 17.5 Å². The number of rotatable bonds is 2. The summed E-state index contributed by atoms with van der Waals surface area (Å²) in [5.41, 5.74) is 0.821. The van der Waals surface area contributed by atoms with E-state index < -0.39 is 4.92 Å². The number of allylic oxidation sites excluding steroid dienone is 1. The van der Waals surface area contributed by atoms with E-state index >= 15 is 0 Å². The van der Waals surface area contributed by atoms with Gasteiger partial charge in [-0.3, -0.25) is 14.9 Å². The van der Waals surface area contributed by atoms with Crippen LogP contribution >= 0.6 is 11.8 Å². The molecular formula is C16H9NO5S. The molecule has 2 aromatic rings. The highest BCUT2D eigenvalue weighted by atomic mass is 32.2. The van der Waals surface area contributed by atoms with Crippen molar-refractivity contribution in [1.29, 1.82) is 0 Å². The minimum absolute atomic E-state index is 0.0334. The maximum atomic E-state index is 12.4. The Balaban J connectivity index is 1.81. The molecule has 0 N–H and O–H groups in total. The number of fused-ring (bicyclic) bond motifs is 2. The molecular weight excluding hydrogens is 318 g/mol. The summed E-state index contributed by atoms with van der Waals surface area (Å²) in [5.74, 6) is 0.653. The first kappa shape index (κ1) is 13.8. The lowest BCUT2D eigenvalue weighted by Crippen LogP contribution is -1.96. The van der Waals surface area contributed by atoms with Crippen LogP contribution < -0.4 is 9.47 Å². The van der Waals surface area contributed by atoms with Crippen molar-refractivity contribution >= 4 is 29.3 Å². The van der Waals surface area contributed by atoms with Gasteiger partial charge in [-0.15, -0.1) is 0 Å². The number of nitrogens with zero attached hydrogens (tertiary/aromatic N) is 1. The minimum atomic E-state index is -0.494. The summed E-state index contributed by atoms with van der Waals surface area (Å²) in [6.45, 7) is 0.0334. The van der Waals surface area contributed by atoms with Gasteiger partial charge in [0.15, 0.2) is 11.5 Å². The monoisotopic (exact) mass is 327 g/mol. The highest BCUT2D eigenvalue weighted by Crippen LogP contribution is 2.43. The zero-order chi connectivity index (χ0) is 16.0.